The lowest BCUT2D eigenvalue weighted by Crippen LogP contribution is -2.18. The average molecular weight is 407 g/mol. The van der Waals surface area contributed by atoms with Crippen LogP contribution in [-0.4, -0.2) is 21.2 Å². The third-order valence-electron chi connectivity index (χ3n) is 3.00. The topological polar surface area (TPSA) is 67.8 Å². The van der Waals surface area contributed by atoms with Gasteiger partial charge in [0.15, 0.2) is 0 Å². The zero-order valence-electron chi connectivity index (χ0n) is 12.9. The van der Waals surface area contributed by atoms with Crippen LogP contribution < -0.4 is 9.57 Å². The summed E-state index contributed by atoms with van der Waals surface area (Å²) in [5, 5.41) is 3.81. The highest BCUT2D eigenvalue weighted by Gasteiger charge is 2.11. The van der Waals surface area contributed by atoms with Crippen LogP contribution in [0.4, 0.5) is 0 Å². The van der Waals surface area contributed by atoms with Gasteiger partial charge >= 0.3 is 0 Å². The molecular formula is C17H15BrN2O3S. The van der Waals surface area contributed by atoms with Crippen LogP contribution in [0, 0.1) is 19.3 Å². The van der Waals surface area contributed by atoms with Gasteiger partial charge in [0.2, 0.25) is 0 Å². The number of aryl methyl sites for hydroxylation is 1. The number of benzene rings is 2. The van der Waals surface area contributed by atoms with Gasteiger partial charge in [0.05, 0.1) is 11.1 Å². The van der Waals surface area contributed by atoms with Gasteiger partial charge in [0, 0.05) is 10.0 Å². The molecule has 0 radical (unpaired) electrons. The first-order valence-corrected chi connectivity index (χ1v) is 9.17. The Labute approximate surface area is 149 Å². The van der Waals surface area contributed by atoms with Crippen LogP contribution in [0.1, 0.15) is 11.1 Å². The van der Waals surface area contributed by atoms with E-state index < -0.39 is 10.0 Å². The Morgan fingerprint density at radius 2 is 2.00 bits per heavy atom. The van der Waals surface area contributed by atoms with Crippen molar-refractivity contribution in [1.82, 2.24) is 4.83 Å². The molecule has 2 rings (SSSR count). The Balaban J connectivity index is 2.13. The van der Waals surface area contributed by atoms with Crippen LogP contribution in [-0.2, 0) is 10.0 Å². The average Bonchev–Trinajstić information content (AvgIpc) is 2.55. The molecule has 2 aromatic rings. The van der Waals surface area contributed by atoms with Gasteiger partial charge in [-0.15, -0.1) is 6.42 Å². The van der Waals surface area contributed by atoms with Gasteiger partial charge < -0.3 is 4.74 Å². The molecule has 5 nitrogen and oxygen atoms in total. The van der Waals surface area contributed by atoms with Crippen molar-refractivity contribution in [1.29, 1.82) is 0 Å². The molecule has 124 valence electrons. The molecule has 7 heteroatoms. The highest BCUT2D eigenvalue weighted by atomic mass is 79.9. The summed E-state index contributed by atoms with van der Waals surface area (Å²) in [5.41, 5.74) is 1.63. The van der Waals surface area contributed by atoms with Crippen molar-refractivity contribution in [3.05, 3.63) is 58.1 Å². The van der Waals surface area contributed by atoms with E-state index in [4.69, 9.17) is 11.2 Å². The van der Waals surface area contributed by atoms with E-state index in [0.717, 1.165) is 10.0 Å². The number of terminal acetylenes is 1. The van der Waals surface area contributed by atoms with Gasteiger partial charge in [-0.25, -0.2) is 4.83 Å². The fraction of sp³-hybridized carbons (Fsp3) is 0.118. The number of nitrogens with one attached hydrogen (secondary N) is 1. The van der Waals surface area contributed by atoms with Gasteiger partial charge in [0.1, 0.15) is 12.4 Å². The molecule has 0 aliphatic rings. The second kappa shape index (κ2) is 7.99. The Morgan fingerprint density at radius 1 is 1.29 bits per heavy atom. The zero-order chi connectivity index (χ0) is 17.6. The van der Waals surface area contributed by atoms with E-state index in [2.05, 4.69) is 31.8 Å². The normalized spacial score (nSPS) is 11.2. The molecule has 0 atom stereocenters. The Morgan fingerprint density at radius 3 is 2.67 bits per heavy atom. The molecule has 0 unspecified atom stereocenters. The van der Waals surface area contributed by atoms with Crippen molar-refractivity contribution in [2.75, 3.05) is 6.61 Å². The quantitative estimate of drug-likeness (QED) is 0.455. The molecule has 0 spiro atoms. The van der Waals surface area contributed by atoms with Crippen LogP contribution in [0.15, 0.2) is 56.9 Å². The fourth-order valence-electron chi connectivity index (χ4n) is 1.77. The molecule has 0 fully saturated rings. The minimum atomic E-state index is -3.71. The van der Waals surface area contributed by atoms with Crippen LogP contribution in [0.3, 0.4) is 0 Å². The highest BCUT2D eigenvalue weighted by Crippen LogP contribution is 2.21. The van der Waals surface area contributed by atoms with E-state index in [-0.39, 0.29) is 11.5 Å². The molecular weight excluding hydrogens is 392 g/mol. The smallest absolute Gasteiger partial charge is 0.276 e. The van der Waals surface area contributed by atoms with Crippen LogP contribution in [0.25, 0.3) is 0 Å². The third kappa shape index (κ3) is 4.85. The Hall–Kier alpha value is -2.30. The second-order valence-electron chi connectivity index (χ2n) is 4.84. The molecule has 0 amide bonds. The number of ether oxygens (including phenoxy) is 1. The summed E-state index contributed by atoms with van der Waals surface area (Å²) in [6, 6.07) is 11.7. The molecule has 0 heterocycles. The largest absolute Gasteiger partial charge is 0.481 e. The highest BCUT2D eigenvalue weighted by molar-refractivity contribution is 9.10. The summed E-state index contributed by atoms with van der Waals surface area (Å²) >= 11 is 3.37. The molecule has 0 saturated heterocycles. The second-order valence-corrected chi connectivity index (χ2v) is 7.36. The SMILES string of the molecule is C#CCOc1ccc(Br)c(C=NNS(=O)(=O)c2ccc(C)cc2)c1. The van der Waals surface area contributed by atoms with Crippen LogP contribution in [0.5, 0.6) is 5.75 Å². The van der Waals surface area contributed by atoms with Crippen molar-refractivity contribution in [2.45, 2.75) is 11.8 Å². The number of hydrazone groups is 1. The number of hydrogen-bond acceptors (Lipinski definition) is 4. The van der Waals surface area contributed by atoms with Gasteiger partial charge in [-0.2, -0.15) is 13.5 Å². The number of rotatable bonds is 6. The standard InChI is InChI=1S/C17H15BrN2O3S/c1-3-10-23-15-6-9-17(18)14(11-15)12-19-20-24(21,22)16-7-4-13(2)5-8-16/h1,4-9,11-12,20H,10H2,2H3. The summed E-state index contributed by atoms with van der Waals surface area (Å²) < 4.78 is 30.4. The Bertz CT molecular complexity index is 885. The monoisotopic (exact) mass is 406 g/mol. The Kier molecular flexibility index (Phi) is 6.01. The third-order valence-corrected chi connectivity index (χ3v) is 4.96. The minimum absolute atomic E-state index is 0.149. The van der Waals surface area contributed by atoms with E-state index in [9.17, 15) is 8.42 Å². The van der Waals surface area contributed by atoms with Crippen molar-refractivity contribution in [2.24, 2.45) is 5.10 Å². The fourth-order valence-corrected chi connectivity index (χ4v) is 2.91. The molecule has 0 bridgehead atoms. The van der Waals surface area contributed by atoms with Gasteiger partial charge in [-0.1, -0.05) is 39.5 Å². The van der Waals surface area contributed by atoms with Crippen molar-refractivity contribution in [3.8, 4) is 18.1 Å². The van der Waals surface area contributed by atoms with Crippen molar-refractivity contribution >= 4 is 32.2 Å². The number of hydrogen-bond donors (Lipinski definition) is 1. The molecule has 0 saturated carbocycles. The van der Waals surface area contributed by atoms with Crippen molar-refractivity contribution in [3.63, 3.8) is 0 Å². The predicted octanol–water partition coefficient (Wildman–Crippen LogP) is 3.08. The lowest BCUT2D eigenvalue weighted by molar-refractivity contribution is 0.370. The molecule has 24 heavy (non-hydrogen) atoms. The number of halogens is 1. The summed E-state index contributed by atoms with van der Waals surface area (Å²) in [6.07, 6.45) is 6.54. The van der Waals surface area contributed by atoms with Gasteiger partial charge in [0.25, 0.3) is 10.0 Å². The van der Waals surface area contributed by atoms with Gasteiger partial charge in [-0.3, -0.25) is 0 Å². The van der Waals surface area contributed by atoms with E-state index in [1.807, 2.05) is 6.92 Å². The minimum Gasteiger partial charge on any atom is -0.481 e. The lowest BCUT2D eigenvalue weighted by Gasteiger charge is -2.06. The van der Waals surface area contributed by atoms with E-state index in [1.165, 1.54) is 18.3 Å². The first-order valence-electron chi connectivity index (χ1n) is 6.90. The maximum Gasteiger partial charge on any atom is 0.276 e. The van der Waals surface area contributed by atoms with E-state index >= 15 is 0 Å². The maximum absolute atomic E-state index is 12.1. The van der Waals surface area contributed by atoms with Crippen LogP contribution >= 0.6 is 15.9 Å². The summed E-state index contributed by atoms with van der Waals surface area (Å²) in [5.74, 6) is 2.94. The van der Waals surface area contributed by atoms with E-state index in [1.54, 1.807) is 30.3 Å². The van der Waals surface area contributed by atoms with Crippen molar-refractivity contribution < 1.29 is 13.2 Å². The first kappa shape index (κ1) is 18.0. The molecule has 2 aromatic carbocycles. The van der Waals surface area contributed by atoms with E-state index in [0.29, 0.717) is 11.3 Å². The first-order chi connectivity index (χ1) is 11.4. The number of sulfonamides is 1. The summed E-state index contributed by atoms with van der Waals surface area (Å²) in [6.45, 7) is 2.03. The number of nitrogens with zero attached hydrogens (tertiary/aromatic N) is 1. The summed E-state index contributed by atoms with van der Waals surface area (Å²) in [4.78, 5) is 2.33. The lowest BCUT2D eigenvalue weighted by atomic mass is 10.2. The maximum atomic E-state index is 12.1. The molecule has 1 N–H and O–H groups in total. The summed E-state index contributed by atoms with van der Waals surface area (Å²) in [7, 11) is -3.71. The zero-order valence-corrected chi connectivity index (χ0v) is 15.3. The molecule has 0 aromatic heterocycles. The van der Waals surface area contributed by atoms with Crippen LogP contribution in [0.2, 0.25) is 0 Å². The van der Waals surface area contributed by atoms with Gasteiger partial charge in [-0.05, 0) is 37.3 Å². The predicted molar refractivity (Wildman–Crippen MR) is 97.6 cm³/mol. The molecule has 0 aliphatic carbocycles. The molecule has 0 aliphatic heterocycles.